The van der Waals surface area contributed by atoms with Crippen molar-refractivity contribution in [2.45, 2.75) is 46.2 Å². The van der Waals surface area contributed by atoms with Gasteiger partial charge in [-0.1, -0.05) is 6.07 Å². The van der Waals surface area contributed by atoms with Crippen molar-refractivity contribution in [1.29, 1.82) is 0 Å². The summed E-state index contributed by atoms with van der Waals surface area (Å²) < 4.78 is 0. The first-order valence-corrected chi connectivity index (χ1v) is 6.74. The van der Waals surface area contributed by atoms with Gasteiger partial charge in [0.15, 0.2) is 0 Å². The summed E-state index contributed by atoms with van der Waals surface area (Å²) in [7, 11) is 0. The molecule has 0 aromatic carbocycles. The van der Waals surface area contributed by atoms with E-state index in [1.54, 1.807) is 17.3 Å². The first-order valence-electron chi connectivity index (χ1n) is 6.74. The van der Waals surface area contributed by atoms with E-state index < -0.39 is 0 Å². The van der Waals surface area contributed by atoms with Gasteiger partial charge in [-0.3, -0.25) is 14.6 Å². The van der Waals surface area contributed by atoms with Crippen LogP contribution in [-0.4, -0.2) is 33.8 Å². The summed E-state index contributed by atoms with van der Waals surface area (Å²) in [5.74, 6) is -0.0816. The van der Waals surface area contributed by atoms with Gasteiger partial charge in [0.05, 0.1) is 0 Å². The fraction of sp³-hybridized carbons (Fsp3) is 0.533. The van der Waals surface area contributed by atoms with E-state index in [-0.39, 0.29) is 17.4 Å². The van der Waals surface area contributed by atoms with Crippen LogP contribution in [0.5, 0.6) is 0 Å². The van der Waals surface area contributed by atoms with E-state index in [4.69, 9.17) is 0 Å². The van der Waals surface area contributed by atoms with Gasteiger partial charge < -0.3 is 10.2 Å². The van der Waals surface area contributed by atoms with Crippen LogP contribution in [0.15, 0.2) is 24.5 Å². The highest BCUT2D eigenvalue weighted by molar-refractivity contribution is 5.78. The predicted octanol–water partition coefficient (Wildman–Crippen LogP) is 1.73. The van der Waals surface area contributed by atoms with Crippen molar-refractivity contribution in [3.05, 3.63) is 30.1 Å². The van der Waals surface area contributed by atoms with Gasteiger partial charge >= 0.3 is 0 Å². The number of aromatic nitrogens is 1. The third-order valence-electron chi connectivity index (χ3n) is 2.96. The SMILES string of the molecule is CC(=O)N(CCC(=O)NCc1cccnc1)C(C)(C)C. The van der Waals surface area contributed by atoms with Crippen LogP contribution in [0.3, 0.4) is 0 Å². The summed E-state index contributed by atoms with van der Waals surface area (Å²) in [5, 5.41) is 2.83. The molecule has 0 saturated carbocycles. The van der Waals surface area contributed by atoms with Crippen molar-refractivity contribution in [1.82, 2.24) is 15.2 Å². The van der Waals surface area contributed by atoms with Crippen LogP contribution in [0.4, 0.5) is 0 Å². The summed E-state index contributed by atoms with van der Waals surface area (Å²) in [6, 6.07) is 3.74. The number of carbonyl (C=O) groups excluding carboxylic acids is 2. The van der Waals surface area contributed by atoms with Crippen LogP contribution in [0.25, 0.3) is 0 Å². The van der Waals surface area contributed by atoms with Crippen molar-refractivity contribution in [3.63, 3.8) is 0 Å². The van der Waals surface area contributed by atoms with Gasteiger partial charge in [0, 0.05) is 44.4 Å². The molecule has 1 heterocycles. The molecule has 5 heteroatoms. The quantitative estimate of drug-likeness (QED) is 0.891. The van der Waals surface area contributed by atoms with Crippen molar-refractivity contribution in [3.8, 4) is 0 Å². The lowest BCUT2D eigenvalue weighted by Crippen LogP contribution is -2.46. The molecule has 0 aliphatic carbocycles. The molecule has 1 aromatic heterocycles. The molecule has 1 N–H and O–H groups in total. The summed E-state index contributed by atoms with van der Waals surface area (Å²) in [4.78, 5) is 29.1. The van der Waals surface area contributed by atoms with Crippen molar-refractivity contribution in [2.75, 3.05) is 6.54 Å². The Hall–Kier alpha value is -1.91. The summed E-state index contributed by atoms with van der Waals surface area (Å²) >= 11 is 0. The Morgan fingerprint density at radius 3 is 2.55 bits per heavy atom. The molecular weight excluding hydrogens is 254 g/mol. The Morgan fingerprint density at radius 2 is 2.05 bits per heavy atom. The van der Waals surface area contributed by atoms with Crippen LogP contribution in [0.2, 0.25) is 0 Å². The Labute approximate surface area is 120 Å². The molecule has 0 aliphatic rings. The molecule has 0 radical (unpaired) electrons. The van der Waals surface area contributed by atoms with Gasteiger partial charge in [-0.25, -0.2) is 0 Å². The maximum atomic E-state index is 11.8. The third kappa shape index (κ3) is 5.38. The van der Waals surface area contributed by atoms with Crippen LogP contribution in [-0.2, 0) is 16.1 Å². The van der Waals surface area contributed by atoms with Gasteiger partial charge in [-0.2, -0.15) is 0 Å². The van der Waals surface area contributed by atoms with Gasteiger partial charge in [-0.15, -0.1) is 0 Å². The number of nitrogens with zero attached hydrogens (tertiary/aromatic N) is 2. The van der Waals surface area contributed by atoms with Gasteiger partial charge in [-0.05, 0) is 32.4 Å². The molecule has 0 unspecified atom stereocenters. The molecule has 1 rings (SSSR count). The zero-order chi connectivity index (χ0) is 15.2. The minimum absolute atomic E-state index is 0.0161. The molecule has 0 fully saturated rings. The summed E-state index contributed by atoms with van der Waals surface area (Å²) in [6.07, 6.45) is 3.72. The highest BCUT2D eigenvalue weighted by atomic mass is 16.2. The fourth-order valence-corrected chi connectivity index (χ4v) is 1.97. The number of rotatable bonds is 5. The molecule has 0 saturated heterocycles. The Bertz CT molecular complexity index is 452. The monoisotopic (exact) mass is 277 g/mol. The first-order chi connectivity index (χ1) is 9.30. The van der Waals surface area contributed by atoms with Gasteiger partial charge in [0.25, 0.3) is 0 Å². The number of amides is 2. The lowest BCUT2D eigenvalue weighted by atomic mass is 10.1. The molecule has 0 bridgehead atoms. The number of hydrogen-bond donors (Lipinski definition) is 1. The lowest BCUT2D eigenvalue weighted by Gasteiger charge is -2.34. The van der Waals surface area contributed by atoms with Crippen LogP contribution < -0.4 is 5.32 Å². The lowest BCUT2D eigenvalue weighted by molar-refractivity contribution is -0.134. The average molecular weight is 277 g/mol. The maximum Gasteiger partial charge on any atom is 0.222 e. The molecular formula is C15H23N3O2. The largest absolute Gasteiger partial charge is 0.352 e. The highest BCUT2D eigenvalue weighted by Crippen LogP contribution is 2.13. The average Bonchev–Trinajstić information content (AvgIpc) is 2.35. The number of carbonyl (C=O) groups is 2. The molecule has 1 aromatic rings. The number of pyridine rings is 1. The smallest absolute Gasteiger partial charge is 0.222 e. The van der Waals surface area contributed by atoms with E-state index in [1.807, 2.05) is 32.9 Å². The Morgan fingerprint density at radius 1 is 1.35 bits per heavy atom. The highest BCUT2D eigenvalue weighted by Gasteiger charge is 2.23. The van der Waals surface area contributed by atoms with Crippen LogP contribution in [0.1, 0.15) is 39.7 Å². The molecule has 5 nitrogen and oxygen atoms in total. The minimum atomic E-state index is -0.268. The van der Waals surface area contributed by atoms with E-state index in [0.29, 0.717) is 19.5 Å². The van der Waals surface area contributed by atoms with E-state index in [2.05, 4.69) is 10.3 Å². The second kappa shape index (κ2) is 7.03. The molecule has 2 amide bonds. The van der Waals surface area contributed by atoms with Crippen LogP contribution in [0, 0.1) is 0 Å². The van der Waals surface area contributed by atoms with Crippen molar-refractivity contribution >= 4 is 11.8 Å². The summed E-state index contributed by atoms with van der Waals surface area (Å²) in [5.41, 5.74) is 0.690. The van der Waals surface area contributed by atoms with Crippen molar-refractivity contribution < 1.29 is 9.59 Å². The molecule has 110 valence electrons. The maximum absolute atomic E-state index is 11.8. The topological polar surface area (TPSA) is 62.3 Å². The van der Waals surface area contributed by atoms with E-state index in [0.717, 1.165) is 5.56 Å². The molecule has 0 atom stereocenters. The Kier molecular flexibility index (Phi) is 5.67. The second-order valence-corrected chi connectivity index (χ2v) is 5.73. The molecule has 0 aliphatic heterocycles. The molecule has 20 heavy (non-hydrogen) atoms. The van der Waals surface area contributed by atoms with Crippen molar-refractivity contribution in [2.24, 2.45) is 0 Å². The zero-order valence-electron chi connectivity index (χ0n) is 12.6. The minimum Gasteiger partial charge on any atom is -0.352 e. The fourth-order valence-electron chi connectivity index (χ4n) is 1.97. The third-order valence-corrected chi connectivity index (χ3v) is 2.96. The Balaban J connectivity index is 2.41. The van der Waals surface area contributed by atoms with E-state index in [9.17, 15) is 9.59 Å². The van der Waals surface area contributed by atoms with Crippen LogP contribution >= 0.6 is 0 Å². The van der Waals surface area contributed by atoms with E-state index >= 15 is 0 Å². The number of nitrogens with one attached hydrogen (secondary N) is 1. The normalized spacial score (nSPS) is 11.0. The van der Waals surface area contributed by atoms with Gasteiger partial charge in [0.1, 0.15) is 0 Å². The van der Waals surface area contributed by atoms with Gasteiger partial charge in [0.2, 0.25) is 11.8 Å². The molecule has 0 spiro atoms. The first kappa shape index (κ1) is 16.1. The number of hydrogen-bond acceptors (Lipinski definition) is 3. The standard InChI is InChI=1S/C15H23N3O2/c1-12(19)18(15(2,3)4)9-7-14(20)17-11-13-6-5-8-16-10-13/h5-6,8,10H,7,9,11H2,1-4H3,(H,17,20). The predicted molar refractivity (Wildman–Crippen MR) is 77.8 cm³/mol. The zero-order valence-corrected chi connectivity index (χ0v) is 12.6. The van der Waals surface area contributed by atoms with E-state index in [1.165, 1.54) is 6.92 Å². The second-order valence-electron chi connectivity index (χ2n) is 5.73. The summed E-state index contributed by atoms with van der Waals surface area (Å²) in [6.45, 7) is 8.30.